The van der Waals surface area contributed by atoms with Crippen molar-refractivity contribution in [3.8, 4) is 5.75 Å². The number of halogens is 3. The first-order valence-corrected chi connectivity index (χ1v) is 8.65. The molecule has 6 heteroatoms. The second kappa shape index (κ2) is 9.14. The summed E-state index contributed by atoms with van der Waals surface area (Å²) in [6, 6.07) is 2.14. The number of ether oxygens (including phenoxy) is 3. The Bertz CT molecular complexity index is 397. The summed E-state index contributed by atoms with van der Waals surface area (Å²) < 4.78 is 19.7. The van der Waals surface area contributed by atoms with E-state index in [0.717, 1.165) is 9.32 Å². The average molecular weight is 588 g/mol. The highest BCUT2D eigenvalue weighted by Crippen LogP contribution is 2.32. The lowest BCUT2D eigenvalue weighted by Crippen LogP contribution is -2.11. The normalized spacial score (nSPS) is 10.7. The number of rotatable bonds is 7. The topological polar surface area (TPSA) is 27.7 Å². The van der Waals surface area contributed by atoms with E-state index in [0.29, 0.717) is 26.4 Å². The zero-order valence-electron chi connectivity index (χ0n) is 10.3. The van der Waals surface area contributed by atoms with Crippen LogP contribution in [0.15, 0.2) is 6.07 Å². The van der Waals surface area contributed by atoms with Crippen molar-refractivity contribution in [3.63, 3.8) is 0 Å². The molecule has 0 saturated heterocycles. The van der Waals surface area contributed by atoms with E-state index in [-0.39, 0.29) is 0 Å². The third kappa shape index (κ3) is 5.25. The molecule has 0 amide bonds. The maximum atomic E-state index is 5.80. The Morgan fingerprint density at radius 2 is 1.67 bits per heavy atom. The van der Waals surface area contributed by atoms with E-state index in [1.54, 1.807) is 7.11 Å². The third-order valence-electron chi connectivity index (χ3n) is 2.26. The highest BCUT2D eigenvalue weighted by atomic mass is 127. The van der Waals surface area contributed by atoms with Crippen molar-refractivity contribution >= 4 is 67.8 Å². The van der Waals surface area contributed by atoms with Gasteiger partial charge in [-0.1, -0.05) is 0 Å². The van der Waals surface area contributed by atoms with Gasteiger partial charge in [-0.2, -0.15) is 0 Å². The Kier molecular flexibility index (Phi) is 8.72. The second-order valence-corrected chi connectivity index (χ2v) is 6.97. The summed E-state index contributed by atoms with van der Waals surface area (Å²) in [6.07, 6.45) is 0. The molecule has 0 saturated carbocycles. The molecule has 0 radical (unpaired) electrons. The monoisotopic (exact) mass is 588 g/mol. The summed E-state index contributed by atoms with van der Waals surface area (Å²) in [6.45, 7) is 4.50. The van der Waals surface area contributed by atoms with Crippen LogP contribution < -0.4 is 4.74 Å². The van der Waals surface area contributed by atoms with Crippen molar-refractivity contribution < 1.29 is 14.2 Å². The Balaban J connectivity index is 2.50. The molecule has 1 rings (SSSR count). The highest BCUT2D eigenvalue weighted by Gasteiger charge is 2.12. The quantitative estimate of drug-likeness (QED) is 0.358. The van der Waals surface area contributed by atoms with Gasteiger partial charge in [-0.05, 0) is 86.3 Å². The zero-order chi connectivity index (χ0) is 13.5. The second-order valence-electron chi connectivity index (χ2n) is 3.56. The van der Waals surface area contributed by atoms with Gasteiger partial charge >= 0.3 is 0 Å². The van der Waals surface area contributed by atoms with E-state index in [1.165, 1.54) is 12.7 Å². The smallest absolute Gasteiger partial charge is 0.146 e. The molecular formula is C12H15I3O3. The standard InChI is InChI=1S/C12H15I3O3/c1-8-9(13)7-10(14)12(11(8)15)18-6-5-17-4-3-16-2/h7H,3-6H2,1-2H3. The molecule has 102 valence electrons. The van der Waals surface area contributed by atoms with Gasteiger partial charge in [0.05, 0.1) is 27.0 Å². The van der Waals surface area contributed by atoms with E-state index >= 15 is 0 Å². The summed E-state index contributed by atoms with van der Waals surface area (Å²) in [7, 11) is 1.67. The minimum absolute atomic E-state index is 0.565. The molecule has 0 spiro atoms. The van der Waals surface area contributed by atoms with Gasteiger partial charge in [-0.3, -0.25) is 0 Å². The van der Waals surface area contributed by atoms with Crippen molar-refractivity contribution in [3.05, 3.63) is 22.3 Å². The fourth-order valence-corrected chi connectivity index (χ4v) is 4.93. The maximum absolute atomic E-state index is 5.80. The van der Waals surface area contributed by atoms with E-state index in [4.69, 9.17) is 14.2 Å². The van der Waals surface area contributed by atoms with Crippen molar-refractivity contribution in [2.75, 3.05) is 33.5 Å². The molecule has 3 nitrogen and oxygen atoms in total. The largest absolute Gasteiger partial charge is 0.489 e. The number of hydrogen-bond acceptors (Lipinski definition) is 3. The summed E-state index contributed by atoms with van der Waals surface area (Å²) in [5.74, 6) is 0.962. The first-order chi connectivity index (χ1) is 8.57. The molecule has 0 aliphatic heterocycles. The average Bonchev–Trinajstić information content (AvgIpc) is 2.34. The van der Waals surface area contributed by atoms with Gasteiger partial charge in [0.15, 0.2) is 0 Å². The van der Waals surface area contributed by atoms with Crippen LogP contribution in [-0.4, -0.2) is 33.5 Å². The maximum Gasteiger partial charge on any atom is 0.146 e. The summed E-state index contributed by atoms with van der Waals surface area (Å²) in [5, 5.41) is 0. The van der Waals surface area contributed by atoms with Crippen LogP contribution in [0.3, 0.4) is 0 Å². The molecule has 0 atom stereocenters. The Morgan fingerprint density at radius 1 is 1.00 bits per heavy atom. The summed E-state index contributed by atoms with van der Waals surface area (Å²) in [4.78, 5) is 0. The van der Waals surface area contributed by atoms with Crippen LogP contribution in [-0.2, 0) is 9.47 Å². The molecule has 1 aromatic carbocycles. The van der Waals surface area contributed by atoms with Crippen LogP contribution in [0.4, 0.5) is 0 Å². The van der Waals surface area contributed by atoms with Crippen molar-refractivity contribution in [2.24, 2.45) is 0 Å². The van der Waals surface area contributed by atoms with E-state index < -0.39 is 0 Å². The van der Waals surface area contributed by atoms with Crippen molar-refractivity contribution in [1.82, 2.24) is 0 Å². The van der Waals surface area contributed by atoms with Crippen LogP contribution in [0.2, 0.25) is 0 Å². The van der Waals surface area contributed by atoms with Crippen LogP contribution in [0, 0.1) is 17.6 Å². The highest BCUT2D eigenvalue weighted by molar-refractivity contribution is 14.1. The number of benzene rings is 1. The van der Waals surface area contributed by atoms with Crippen LogP contribution in [0.25, 0.3) is 0 Å². The fraction of sp³-hybridized carbons (Fsp3) is 0.500. The van der Waals surface area contributed by atoms with Crippen molar-refractivity contribution in [1.29, 1.82) is 0 Å². The molecule has 0 unspecified atom stereocenters. The minimum atomic E-state index is 0.565. The molecule has 0 N–H and O–H groups in total. The van der Waals surface area contributed by atoms with E-state index in [9.17, 15) is 0 Å². The molecule has 0 bridgehead atoms. The Hall–Kier alpha value is 1.13. The van der Waals surface area contributed by atoms with Gasteiger partial charge in [0.2, 0.25) is 0 Å². The predicted molar refractivity (Wildman–Crippen MR) is 97.5 cm³/mol. The zero-order valence-corrected chi connectivity index (χ0v) is 16.7. The first-order valence-electron chi connectivity index (χ1n) is 5.41. The third-order valence-corrected chi connectivity index (χ3v) is 5.48. The van der Waals surface area contributed by atoms with Gasteiger partial charge in [-0.25, -0.2) is 0 Å². The lowest BCUT2D eigenvalue weighted by atomic mass is 10.2. The first kappa shape index (κ1) is 17.2. The van der Waals surface area contributed by atoms with E-state index in [1.807, 2.05) is 0 Å². The Labute approximate surface area is 149 Å². The van der Waals surface area contributed by atoms with Gasteiger partial charge in [0.1, 0.15) is 12.4 Å². The van der Waals surface area contributed by atoms with Gasteiger partial charge in [0.25, 0.3) is 0 Å². The number of hydrogen-bond donors (Lipinski definition) is 0. The summed E-state index contributed by atoms with van der Waals surface area (Å²) in [5.41, 5.74) is 1.27. The van der Waals surface area contributed by atoms with Crippen LogP contribution in [0.1, 0.15) is 5.56 Å². The van der Waals surface area contributed by atoms with Gasteiger partial charge in [0, 0.05) is 10.7 Å². The lowest BCUT2D eigenvalue weighted by molar-refractivity contribution is 0.0541. The minimum Gasteiger partial charge on any atom is -0.489 e. The van der Waals surface area contributed by atoms with E-state index in [2.05, 4.69) is 80.8 Å². The number of methoxy groups -OCH3 is 1. The van der Waals surface area contributed by atoms with Gasteiger partial charge in [-0.15, -0.1) is 0 Å². The predicted octanol–water partition coefficient (Wildman–Crippen LogP) is 3.85. The Morgan fingerprint density at radius 3 is 2.33 bits per heavy atom. The lowest BCUT2D eigenvalue weighted by Gasteiger charge is -2.13. The molecule has 1 aromatic rings. The molecule has 0 aromatic heterocycles. The molecular weight excluding hydrogens is 573 g/mol. The molecule has 0 heterocycles. The molecule has 18 heavy (non-hydrogen) atoms. The van der Waals surface area contributed by atoms with Crippen LogP contribution >= 0.6 is 67.8 Å². The molecule has 0 fully saturated rings. The molecule has 0 aliphatic carbocycles. The van der Waals surface area contributed by atoms with Crippen LogP contribution in [0.5, 0.6) is 5.75 Å². The van der Waals surface area contributed by atoms with Gasteiger partial charge < -0.3 is 14.2 Å². The molecule has 0 aliphatic rings. The fourth-order valence-electron chi connectivity index (χ4n) is 1.24. The van der Waals surface area contributed by atoms with Crippen molar-refractivity contribution in [2.45, 2.75) is 6.92 Å². The summed E-state index contributed by atoms with van der Waals surface area (Å²) >= 11 is 6.99. The SMILES string of the molecule is COCCOCCOc1c(I)cc(I)c(C)c1I.